The molecule has 1 aromatic rings. The van der Waals surface area contributed by atoms with Crippen molar-refractivity contribution in [3.8, 4) is 11.5 Å². The third kappa shape index (κ3) is 4.13. The molecule has 3 nitrogen and oxygen atoms in total. The van der Waals surface area contributed by atoms with Crippen molar-refractivity contribution >= 4 is 5.69 Å². The van der Waals surface area contributed by atoms with E-state index >= 15 is 0 Å². The molecule has 0 atom stereocenters. The fraction of sp³-hybridized carbons (Fsp3) is 0.538. The largest absolute Gasteiger partial charge is 0.494 e. The van der Waals surface area contributed by atoms with Crippen LogP contribution in [-0.2, 0) is 0 Å². The molecule has 17 heavy (non-hydrogen) atoms. The van der Waals surface area contributed by atoms with E-state index < -0.39 is 5.82 Å². The van der Waals surface area contributed by atoms with Gasteiger partial charge in [0.05, 0.1) is 19.4 Å². The fourth-order valence-corrected chi connectivity index (χ4v) is 1.54. The smallest absolute Gasteiger partial charge is 0.167 e. The van der Waals surface area contributed by atoms with Crippen LogP contribution in [0.2, 0.25) is 0 Å². The molecule has 0 fully saturated rings. The zero-order valence-corrected chi connectivity index (χ0v) is 10.5. The second-order valence-electron chi connectivity index (χ2n) is 3.93. The van der Waals surface area contributed by atoms with Crippen LogP contribution < -0.4 is 15.2 Å². The summed E-state index contributed by atoms with van der Waals surface area (Å²) in [6.45, 7) is 2.75. The van der Waals surface area contributed by atoms with Crippen LogP contribution in [0.4, 0.5) is 10.1 Å². The summed E-state index contributed by atoms with van der Waals surface area (Å²) >= 11 is 0. The number of ether oxygens (including phenoxy) is 2. The average molecular weight is 241 g/mol. The van der Waals surface area contributed by atoms with Crippen molar-refractivity contribution in [2.45, 2.75) is 32.6 Å². The van der Waals surface area contributed by atoms with E-state index in [1.165, 1.54) is 32.1 Å². The third-order valence-electron chi connectivity index (χ3n) is 2.54. The maximum atomic E-state index is 13.3. The maximum absolute atomic E-state index is 13.3. The molecule has 0 aliphatic rings. The molecule has 0 saturated carbocycles. The van der Waals surface area contributed by atoms with E-state index in [4.69, 9.17) is 15.2 Å². The highest BCUT2D eigenvalue weighted by Gasteiger charge is 2.09. The normalized spacial score (nSPS) is 10.3. The monoisotopic (exact) mass is 241 g/mol. The molecule has 0 amide bonds. The standard InChI is InChI=1S/C13H20FNO2/c1-3-4-5-6-7-17-13-9-12(16-2)10(14)8-11(13)15/h8-9H,3-7,15H2,1-2H3. The Morgan fingerprint density at radius 3 is 2.59 bits per heavy atom. The van der Waals surface area contributed by atoms with Crippen molar-refractivity contribution in [2.24, 2.45) is 0 Å². The molecule has 0 heterocycles. The molecular formula is C13H20FNO2. The number of nitrogen functional groups attached to an aromatic ring is 1. The highest BCUT2D eigenvalue weighted by atomic mass is 19.1. The number of unbranched alkanes of at least 4 members (excludes halogenated alkanes) is 3. The van der Waals surface area contributed by atoms with Crippen LogP contribution in [0.15, 0.2) is 12.1 Å². The first-order valence-corrected chi connectivity index (χ1v) is 5.94. The van der Waals surface area contributed by atoms with Gasteiger partial charge in [-0.15, -0.1) is 0 Å². The number of halogens is 1. The molecule has 0 aromatic heterocycles. The summed E-state index contributed by atoms with van der Waals surface area (Å²) in [5.74, 6) is 0.172. The van der Waals surface area contributed by atoms with Gasteiger partial charge in [0, 0.05) is 12.1 Å². The summed E-state index contributed by atoms with van der Waals surface area (Å²) in [7, 11) is 1.42. The molecule has 1 rings (SSSR count). The Hall–Kier alpha value is -1.45. The number of benzene rings is 1. The first-order valence-electron chi connectivity index (χ1n) is 5.94. The number of rotatable bonds is 7. The zero-order valence-electron chi connectivity index (χ0n) is 10.5. The fourth-order valence-electron chi connectivity index (χ4n) is 1.54. The van der Waals surface area contributed by atoms with Gasteiger partial charge in [-0.1, -0.05) is 26.2 Å². The van der Waals surface area contributed by atoms with Gasteiger partial charge in [0.25, 0.3) is 0 Å². The Kier molecular flexibility index (Phi) is 5.60. The van der Waals surface area contributed by atoms with Crippen LogP contribution in [0.3, 0.4) is 0 Å². The Morgan fingerprint density at radius 2 is 1.94 bits per heavy atom. The van der Waals surface area contributed by atoms with E-state index in [0.29, 0.717) is 18.0 Å². The van der Waals surface area contributed by atoms with Gasteiger partial charge >= 0.3 is 0 Å². The molecule has 1 aromatic carbocycles. The number of methoxy groups -OCH3 is 1. The lowest BCUT2D eigenvalue weighted by atomic mass is 10.2. The summed E-state index contributed by atoms with van der Waals surface area (Å²) in [6, 6.07) is 2.71. The van der Waals surface area contributed by atoms with E-state index in [1.54, 1.807) is 0 Å². The van der Waals surface area contributed by atoms with E-state index in [9.17, 15) is 4.39 Å². The Balaban J connectivity index is 2.52. The van der Waals surface area contributed by atoms with Crippen molar-refractivity contribution < 1.29 is 13.9 Å². The van der Waals surface area contributed by atoms with E-state index in [1.807, 2.05) is 0 Å². The number of nitrogens with two attached hydrogens (primary N) is 1. The van der Waals surface area contributed by atoms with Gasteiger partial charge in [-0.3, -0.25) is 0 Å². The Labute approximate surface area is 102 Å². The van der Waals surface area contributed by atoms with E-state index in [0.717, 1.165) is 12.8 Å². The zero-order chi connectivity index (χ0) is 12.7. The average Bonchev–Trinajstić information content (AvgIpc) is 2.31. The molecule has 96 valence electrons. The highest BCUT2D eigenvalue weighted by molar-refractivity contribution is 5.56. The van der Waals surface area contributed by atoms with Crippen molar-refractivity contribution in [2.75, 3.05) is 19.5 Å². The van der Waals surface area contributed by atoms with Crippen LogP contribution in [0.1, 0.15) is 32.6 Å². The van der Waals surface area contributed by atoms with Crippen LogP contribution in [0.5, 0.6) is 11.5 Å². The van der Waals surface area contributed by atoms with Crippen molar-refractivity contribution in [3.05, 3.63) is 17.9 Å². The predicted molar refractivity (Wildman–Crippen MR) is 67.0 cm³/mol. The Bertz CT molecular complexity index is 356. The van der Waals surface area contributed by atoms with E-state index in [-0.39, 0.29) is 5.75 Å². The number of anilines is 1. The quantitative estimate of drug-likeness (QED) is 0.588. The maximum Gasteiger partial charge on any atom is 0.167 e. The summed E-state index contributed by atoms with van der Waals surface area (Å²) in [5.41, 5.74) is 5.97. The van der Waals surface area contributed by atoms with Gasteiger partial charge in [0.1, 0.15) is 5.75 Å². The molecule has 0 radical (unpaired) electrons. The van der Waals surface area contributed by atoms with Crippen molar-refractivity contribution in [1.29, 1.82) is 0 Å². The van der Waals surface area contributed by atoms with Gasteiger partial charge in [0.2, 0.25) is 0 Å². The molecule has 0 aliphatic heterocycles. The molecule has 0 bridgehead atoms. The summed E-state index contributed by atoms with van der Waals surface area (Å²) in [6.07, 6.45) is 4.50. The molecule has 0 saturated heterocycles. The van der Waals surface area contributed by atoms with Gasteiger partial charge in [-0.05, 0) is 6.42 Å². The lowest BCUT2D eigenvalue weighted by Crippen LogP contribution is -2.02. The number of hydrogen-bond donors (Lipinski definition) is 1. The third-order valence-corrected chi connectivity index (χ3v) is 2.54. The minimum Gasteiger partial charge on any atom is -0.494 e. The van der Waals surface area contributed by atoms with Gasteiger partial charge in [-0.25, -0.2) is 4.39 Å². The summed E-state index contributed by atoms with van der Waals surface area (Å²) in [5, 5.41) is 0. The lowest BCUT2D eigenvalue weighted by molar-refractivity contribution is 0.302. The molecule has 0 unspecified atom stereocenters. The van der Waals surface area contributed by atoms with Crippen LogP contribution in [-0.4, -0.2) is 13.7 Å². The molecule has 4 heteroatoms. The van der Waals surface area contributed by atoms with Crippen molar-refractivity contribution in [1.82, 2.24) is 0 Å². The second kappa shape index (κ2) is 6.99. The van der Waals surface area contributed by atoms with Gasteiger partial charge in [0.15, 0.2) is 11.6 Å². The first-order chi connectivity index (χ1) is 8.19. The Morgan fingerprint density at radius 1 is 1.18 bits per heavy atom. The summed E-state index contributed by atoms with van der Waals surface area (Å²) < 4.78 is 23.6. The van der Waals surface area contributed by atoms with Gasteiger partial charge in [-0.2, -0.15) is 0 Å². The van der Waals surface area contributed by atoms with Crippen LogP contribution in [0.25, 0.3) is 0 Å². The lowest BCUT2D eigenvalue weighted by Gasteiger charge is -2.11. The number of hydrogen-bond acceptors (Lipinski definition) is 3. The molecule has 0 spiro atoms. The second-order valence-corrected chi connectivity index (χ2v) is 3.93. The molecule has 0 aliphatic carbocycles. The topological polar surface area (TPSA) is 44.5 Å². The summed E-state index contributed by atoms with van der Waals surface area (Å²) in [4.78, 5) is 0. The van der Waals surface area contributed by atoms with Crippen molar-refractivity contribution in [3.63, 3.8) is 0 Å². The SMILES string of the molecule is CCCCCCOc1cc(OC)c(F)cc1N. The van der Waals surface area contributed by atoms with Crippen LogP contribution >= 0.6 is 0 Å². The molecule has 2 N–H and O–H groups in total. The minimum atomic E-state index is -0.469. The molecular weight excluding hydrogens is 221 g/mol. The predicted octanol–water partition coefficient (Wildman–Crippen LogP) is 3.38. The highest BCUT2D eigenvalue weighted by Crippen LogP contribution is 2.30. The van der Waals surface area contributed by atoms with Gasteiger partial charge < -0.3 is 15.2 Å². The van der Waals surface area contributed by atoms with Crippen LogP contribution in [0, 0.1) is 5.82 Å². The minimum absolute atomic E-state index is 0.155. The van der Waals surface area contributed by atoms with E-state index in [2.05, 4.69) is 6.92 Å². The first kappa shape index (κ1) is 13.6.